The average molecular weight is 292 g/mol. The fraction of sp³-hybridized carbons (Fsp3) is 0.125. The molecule has 1 heterocycles. The first-order valence-electron chi connectivity index (χ1n) is 6.29. The monoisotopic (exact) mass is 292 g/mol. The Morgan fingerprint density at radius 1 is 1.00 bits per heavy atom. The smallest absolute Gasteiger partial charge is 0.161 e. The molecule has 0 fully saturated rings. The number of hydrogen-bond donors (Lipinski definition) is 1. The summed E-state index contributed by atoms with van der Waals surface area (Å²) >= 11 is 0. The number of aliphatic hydroxyl groups is 1. The number of benzene rings is 2. The Kier molecular flexibility index (Phi) is 3.22. The third kappa shape index (κ3) is 2.29. The maximum atomic E-state index is 13.7. The summed E-state index contributed by atoms with van der Waals surface area (Å²) in [5, 5.41) is 10.9. The van der Waals surface area contributed by atoms with Crippen LogP contribution in [0.25, 0.3) is 11.0 Å². The molecule has 1 N–H and O–H groups in total. The zero-order valence-electron chi connectivity index (χ0n) is 11.0. The van der Waals surface area contributed by atoms with Crippen LogP contribution in [0.5, 0.6) is 0 Å². The Balaban J connectivity index is 2.10. The topological polar surface area (TPSA) is 33.4 Å². The molecule has 1 unspecified atom stereocenters. The molecule has 1 atom stereocenters. The molecule has 108 valence electrons. The first-order chi connectivity index (χ1) is 9.97. The minimum absolute atomic E-state index is 0.0733. The van der Waals surface area contributed by atoms with Crippen LogP contribution in [0, 0.1) is 24.4 Å². The average Bonchev–Trinajstić information content (AvgIpc) is 2.87. The lowest BCUT2D eigenvalue weighted by Crippen LogP contribution is -2.03. The molecule has 0 aliphatic rings. The van der Waals surface area contributed by atoms with Crippen LogP contribution in [0.3, 0.4) is 0 Å². The maximum Gasteiger partial charge on any atom is 0.161 e. The standard InChI is InChI=1S/C16H11F3O2/c1-8-3-2-4-9-5-14(21-16(8)9)15(20)10-6-12(18)13(19)7-11(10)17/h2-7,15,20H,1H3. The summed E-state index contributed by atoms with van der Waals surface area (Å²) in [7, 11) is 0. The molecule has 1 aromatic heterocycles. The number of rotatable bonds is 2. The van der Waals surface area contributed by atoms with Crippen LogP contribution in [0.2, 0.25) is 0 Å². The lowest BCUT2D eigenvalue weighted by Gasteiger charge is -2.09. The highest BCUT2D eigenvalue weighted by Gasteiger charge is 2.22. The lowest BCUT2D eigenvalue weighted by molar-refractivity contribution is 0.186. The molecule has 2 nitrogen and oxygen atoms in total. The molecule has 0 aliphatic heterocycles. The summed E-state index contributed by atoms with van der Waals surface area (Å²) in [6.07, 6.45) is -1.51. The normalized spacial score (nSPS) is 12.8. The van der Waals surface area contributed by atoms with Gasteiger partial charge >= 0.3 is 0 Å². The fourth-order valence-electron chi connectivity index (χ4n) is 2.26. The van der Waals surface area contributed by atoms with E-state index in [1.807, 2.05) is 19.1 Å². The molecule has 0 radical (unpaired) electrons. The number of aliphatic hydroxyl groups excluding tert-OH is 1. The van der Waals surface area contributed by atoms with Gasteiger partial charge in [0, 0.05) is 17.0 Å². The molecule has 0 aliphatic carbocycles. The van der Waals surface area contributed by atoms with Gasteiger partial charge in [0.05, 0.1) is 0 Å². The van der Waals surface area contributed by atoms with Gasteiger partial charge in [0.2, 0.25) is 0 Å². The van der Waals surface area contributed by atoms with E-state index in [1.165, 1.54) is 0 Å². The zero-order chi connectivity index (χ0) is 15.1. The summed E-state index contributed by atoms with van der Waals surface area (Å²) in [6.45, 7) is 1.83. The highest BCUT2D eigenvalue weighted by molar-refractivity contribution is 5.81. The van der Waals surface area contributed by atoms with E-state index in [1.54, 1.807) is 12.1 Å². The van der Waals surface area contributed by atoms with E-state index in [9.17, 15) is 18.3 Å². The predicted octanol–water partition coefficient (Wildman–Crippen LogP) is 4.24. The van der Waals surface area contributed by atoms with Crippen molar-refractivity contribution in [3.05, 3.63) is 70.7 Å². The Morgan fingerprint density at radius 2 is 1.71 bits per heavy atom. The van der Waals surface area contributed by atoms with E-state index < -0.39 is 23.6 Å². The SMILES string of the molecule is Cc1cccc2cc(C(O)c3cc(F)c(F)cc3F)oc12. The molecular weight excluding hydrogens is 281 g/mol. The molecular formula is C16H11F3O2. The minimum atomic E-state index is -1.51. The van der Waals surface area contributed by atoms with E-state index in [4.69, 9.17) is 4.42 Å². The number of fused-ring (bicyclic) bond motifs is 1. The van der Waals surface area contributed by atoms with Crippen molar-refractivity contribution in [3.8, 4) is 0 Å². The molecule has 0 saturated carbocycles. The second kappa shape index (κ2) is 4.93. The summed E-state index contributed by atoms with van der Waals surface area (Å²) < 4.78 is 45.3. The van der Waals surface area contributed by atoms with Crippen LogP contribution in [0.15, 0.2) is 40.8 Å². The quantitative estimate of drug-likeness (QED) is 0.717. The first kappa shape index (κ1) is 13.7. The van der Waals surface area contributed by atoms with Crippen molar-refractivity contribution < 1.29 is 22.7 Å². The van der Waals surface area contributed by atoms with Crippen LogP contribution in [-0.2, 0) is 0 Å². The first-order valence-corrected chi connectivity index (χ1v) is 6.29. The van der Waals surface area contributed by atoms with Crippen molar-refractivity contribution in [2.24, 2.45) is 0 Å². The van der Waals surface area contributed by atoms with Crippen molar-refractivity contribution in [3.63, 3.8) is 0 Å². The molecule has 5 heteroatoms. The Bertz CT molecular complexity index is 824. The van der Waals surface area contributed by atoms with Crippen molar-refractivity contribution in [1.82, 2.24) is 0 Å². The molecule has 3 aromatic rings. The number of furan rings is 1. The molecule has 0 amide bonds. The van der Waals surface area contributed by atoms with Gasteiger partial charge in [0.1, 0.15) is 23.3 Å². The summed E-state index contributed by atoms with van der Waals surface area (Å²) in [6, 6.07) is 8.02. The Morgan fingerprint density at radius 3 is 2.43 bits per heavy atom. The van der Waals surface area contributed by atoms with Crippen LogP contribution in [0.1, 0.15) is 23.0 Å². The van der Waals surface area contributed by atoms with Gasteiger partial charge in [0.15, 0.2) is 11.6 Å². The van der Waals surface area contributed by atoms with Gasteiger partial charge in [-0.25, -0.2) is 13.2 Å². The lowest BCUT2D eigenvalue weighted by atomic mass is 10.1. The van der Waals surface area contributed by atoms with Crippen molar-refractivity contribution >= 4 is 11.0 Å². The van der Waals surface area contributed by atoms with Crippen molar-refractivity contribution in [2.75, 3.05) is 0 Å². The van der Waals surface area contributed by atoms with Crippen molar-refractivity contribution in [1.29, 1.82) is 0 Å². The zero-order valence-corrected chi connectivity index (χ0v) is 11.0. The van der Waals surface area contributed by atoms with Crippen LogP contribution >= 0.6 is 0 Å². The van der Waals surface area contributed by atoms with E-state index in [0.29, 0.717) is 17.7 Å². The Labute approximate surface area is 118 Å². The largest absolute Gasteiger partial charge is 0.458 e. The molecule has 21 heavy (non-hydrogen) atoms. The van der Waals surface area contributed by atoms with Gasteiger partial charge in [-0.1, -0.05) is 18.2 Å². The predicted molar refractivity (Wildman–Crippen MR) is 71.3 cm³/mol. The van der Waals surface area contributed by atoms with Gasteiger partial charge in [-0.05, 0) is 24.6 Å². The van der Waals surface area contributed by atoms with E-state index in [2.05, 4.69) is 0 Å². The van der Waals surface area contributed by atoms with E-state index in [0.717, 1.165) is 10.9 Å². The van der Waals surface area contributed by atoms with E-state index >= 15 is 0 Å². The summed E-state index contributed by atoms with van der Waals surface area (Å²) in [5.74, 6) is -3.48. The van der Waals surface area contributed by atoms with Crippen LogP contribution in [-0.4, -0.2) is 5.11 Å². The second-order valence-electron chi connectivity index (χ2n) is 4.83. The van der Waals surface area contributed by atoms with Gasteiger partial charge in [-0.2, -0.15) is 0 Å². The highest BCUT2D eigenvalue weighted by Crippen LogP contribution is 2.31. The molecule has 0 spiro atoms. The number of para-hydroxylation sites is 1. The molecule has 3 rings (SSSR count). The molecule has 2 aromatic carbocycles. The van der Waals surface area contributed by atoms with Crippen LogP contribution < -0.4 is 0 Å². The highest BCUT2D eigenvalue weighted by atomic mass is 19.2. The Hall–Kier alpha value is -2.27. The molecule has 0 saturated heterocycles. The van der Waals surface area contributed by atoms with Gasteiger partial charge in [-0.15, -0.1) is 0 Å². The van der Waals surface area contributed by atoms with E-state index in [-0.39, 0.29) is 11.3 Å². The fourth-order valence-corrected chi connectivity index (χ4v) is 2.26. The number of aryl methyl sites for hydroxylation is 1. The number of halogens is 3. The summed E-state index contributed by atoms with van der Waals surface area (Å²) in [4.78, 5) is 0. The molecule has 0 bridgehead atoms. The summed E-state index contributed by atoms with van der Waals surface area (Å²) in [5.41, 5.74) is 1.05. The third-order valence-electron chi connectivity index (χ3n) is 3.36. The second-order valence-corrected chi connectivity index (χ2v) is 4.83. The van der Waals surface area contributed by atoms with Gasteiger partial charge < -0.3 is 9.52 Å². The third-order valence-corrected chi connectivity index (χ3v) is 3.36. The number of hydrogen-bond acceptors (Lipinski definition) is 2. The van der Waals surface area contributed by atoms with Gasteiger partial charge in [0.25, 0.3) is 0 Å². The van der Waals surface area contributed by atoms with Crippen LogP contribution in [0.4, 0.5) is 13.2 Å². The van der Waals surface area contributed by atoms with Gasteiger partial charge in [-0.3, -0.25) is 0 Å². The maximum absolute atomic E-state index is 13.7. The van der Waals surface area contributed by atoms with Crippen molar-refractivity contribution in [2.45, 2.75) is 13.0 Å². The minimum Gasteiger partial charge on any atom is -0.458 e.